The topological polar surface area (TPSA) is 78.9 Å². The molecule has 0 aliphatic rings. The lowest BCUT2D eigenvalue weighted by molar-refractivity contribution is -0.167. The van der Waals surface area contributed by atoms with E-state index in [-0.39, 0.29) is 44.0 Å². The smallest absolute Gasteiger partial charge is 0.306 e. The van der Waals surface area contributed by atoms with Crippen LogP contribution < -0.4 is 0 Å². The lowest BCUT2D eigenvalue weighted by Gasteiger charge is -2.18. The van der Waals surface area contributed by atoms with Crippen LogP contribution >= 0.6 is 0 Å². The van der Waals surface area contributed by atoms with Crippen LogP contribution in [0.15, 0.2) is 182 Å². The highest BCUT2D eigenvalue weighted by Gasteiger charge is 2.19. The summed E-state index contributed by atoms with van der Waals surface area (Å²) in [5, 5.41) is 0. The molecule has 0 radical (unpaired) electrons. The first-order valence-electron chi connectivity index (χ1n) is 32.3. The van der Waals surface area contributed by atoms with Gasteiger partial charge in [-0.25, -0.2) is 0 Å². The second-order valence-electron chi connectivity index (χ2n) is 20.5. The summed E-state index contributed by atoms with van der Waals surface area (Å²) in [6, 6.07) is 0. The van der Waals surface area contributed by atoms with E-state index in [1.807, 2.05) is 0 Å². The zero-order chi connectivity index (χ0) is 58.5. The molecular formula is C75H116O6. The van der Waals surface area contributed by atoms with Crippen molar-refractivity contribution in [3.63, 3.8) is 0 Å². The summed E-state index contributed by atoms with van der Waals surface area (Å²) < 4.78 is 16.8. The molecule has 0 fully saturated rings. The average Bonchev–Trinajstić information content (AvgIpc) is 3.47. The van der Waals surface area contributed by atoms with E-state index in [1.165, 1.54) is 70.6 Å². The van der Waals surface area contributed by atoms with Crippen LogP contribution in [0.25, 0.3) is 0 Å². The van der Waals surface area contributed by atoms with Gasteiger partial charge in [-0.3, -0.25) is 14.4 Å². The van der Waals surface area contributed by atoms with E-state index in [2.05, 4.69) is 203 Å². The van der Waals surface area contributed by atoms with E-state index in [9.17, 15) is 14.4 Å². The molecular weight excluding hydrogens is 997 g/mol. The molecule has 0 saturated carbocycles. The number of carbonyl (C=O) groups is 3. The van der Waals surface area contributed by atoms with Gasteiger partial charge < -0.3 is 14.2 Å². The monoisotopic (exact) mass is 1110 g/mol. The van der Waals surface area contributed by atoms with E-state index >= 15 is 0 Å². The van der Waals surface area contributed by atoms with Crippen LogP contribution in [-0.4, -0.2) is 37.2 Å². The Morgan fingerprint density at radius 2 is 0.494 bits per heavy atom. The van der Waals surface area contributed by atoms with Gasteiger partial charge >= 0.3 is 17.9 Å². The fraction of sp³-hybridized carbons (Fsp3) is 0.560. The molecule has 0 aromatic carbocycles. The summed E-state index contributed by atoms with van der Waals surface area (Å²) in [7, 11) is 0. The van der Waals surface area contributed by atoms with Gasteiger partial charge in [0, 0.05) is 19.3 Å². The van der Waals surface area contributed by atoms with Crippen LogP contribution in [-0.2, 0) is 28.6 Å². The Labute approximate surface area is 497 Å². The van der Waals surface area contributed by atoms with E-state index < -0.39 is 6.10 Å². The maximum absolute atomic E-state index is 12.9. The fourth-order valence-corrected chi connectivity index (χ4v) is 8.11. The predicted octanol–water partition coefficient (Wildman–Crippen LogP) is 22.4. The van der Waals surface area contributed by atoms with Crippen LogP contribution in [0.2, 0.25) is 0 Å². The molecule has 0 heterocycles. The molecule has 0 aliphatic heterocycles. The van der Waals surface area contributed by atoms with Gasteiger partial charge in [0.05, 0.1) is 0 Å². The number of hydrogen-bond donors (Lipinski definition) is 0. The van der Waals surface area contributed by atoms with E-state index in [4.69, 9.17) is 14.2 Å². The number of hydrogen-bond acceptors (Lipinski definition) is 6. The normalized spacial score (nSPS) is 13.4. The minimum absolute atomic E-state index is 0.129. The van der Waals surface area contributed by atoms with Crippen molar-refractivity contribution in [3.05, 3.63) is 182 Å². The highest BCUT2D eigenvalue weighted by molar-refractivity contribution is 5.71. The summed E-state index contributed by atoms with van der Waals surface area (Å²) in [5.41, 5.74) is 0. The number of esters is 3. The van der Waals surface area contributed by atoms with Crippen molar-refractivity contribution in [2.75, 3.05) is 13.2 Å². The first-order chi connectivity index (χ1) is 40.0. The summed E-state index contributed by atoms with van der Waals surface area (Å²) >= 11 is 0. The van der Waals surface area contributed by atoms with Gasteiger partial charge in [-0.15, -0.1) is 0 Å². The molecule has 0 saturated heterocycles. The van der Waals surface area contributed by atoms with Crippen molar-refractivity contribution >= 4 is 17.9 Å². The highest BCUT2D eigenvalue weighted by atomic mass is 16.6. The number of ether oxygens (including phenoxy) is 3. The predicted molar refractivity (Wildman–Crippen MR) is 352 cm³/mol. The fourth-order valence-electron chi connectivity index (χ4n) is 8.11. The van der Waals surface area contributed by atoms with Gasteiger partial charge in [0.1, 0.15) is 13.2 Å². The van der Waals surface area contributed by atoms with Crippen molar-refractivity contribution in [2.24, 2.45) is 0 Å². The number of allylic oxidation sites excluding steroid dienone is 30. The Balaban J connectivity index is 4.56. The van der Waals surface area contributed by atoms with Crippen molar-refractivity contribution in [3.8, 4) is 0 Å². The summed E-state index contributed by atoms with van der Waals surface area (Å²) in [4.78, 5) is 38.3. The quantitative estimate of drug-likeness (QED) is 0.0261. The molecule has 1 unspecified atom stereocenters. The Morgan fingerprint density at radius 1 is 0.259 bits per heavy atom. The standard InChI is InChI=1S/C75H116O6/c1-4-7-10-13-16-19-22-25-28-31-33-34-35-36-37-38-39-40-42-44-47-50-53-56-59-62-65-68-74(77)80-71-72(70-79-73(76)67-64-61-58-55-52-49-46-43-30-27-24-21-18-15-12-9-6-3)81-75(78)69-66-63-60-57-54-51-48-45-41-32-29-26-23-20-17-14-11-8-5-2/h7,9-10,12,16-21,25-30,33-34,36-37,39-40,44,46-47,49,53,55-56,58,72H,4-6,8,11,13-15,22-24,31-32,35,38,41-43,45,48,50-52,54,57,59-71H2,1-3H3/b10-7-,12-9-,19-16-,20-17-,21-18-,28-25-,29-26-,30-27-,34-33-,37-36-,40-39-,47-44-,49-46-,56-53-,58-55-. The maximum Gasteiger partial charge on any atom is 0.306 e. The Bertz CT molecular complexity index is 1900. The van der Waals surface area contributed by atoms with Gasteiger partial charge in [0.25, 0.3) is 0 Å². The van der Waals surface area contributed by atoms with Gasteiger partial charge in [-0.05, 0) is 154 Å². The molecule has 0 aliphatic carbocycles. The van der Waals surface area contributed by atoms with Crippen molar-refractivity contribution in [1.82, 2.24) is 0 Å². The van der Waals surface area contributed by atoms with E-state index in [0.29, 0.717) is 19.3 Å². The first kappa shape index (κ1) is 75.5. The molecule has 0 aromatic heterocycles. The summed E-state index contributed by atoms with van der Waals surface area (Å²) in [5.74, 6) is -1.04. The maximum atomic E-state index is 12.9. The molecule has 6 heteroatoms. The van der Waals surface area contributed by atoms with Crippen LogP contribution in [0.3, 0.4) is 0 Å². The molecule has 0 amide bonds. The number of carbonyl (C=O) groups excluding carboxylic acids is 3. The van der Waals surface area contributed by atoms with Gasteiger partial charge in [-0.2, -0.15) is 0 Å². The third-order valence-electron chi connectivity index (χ3n) is 12.9. The zero-order valence-corrected chi connectivity index (χ0v) is 51.7. The minimum atomic E-state index is -0.834. The number of rotatable bonds is 56. The van der Waals surface area contributed by atoms with Crippen molar-refractivity contribution in [1.29, 1.82) is 0 Å². The lowest BCUT2D eigenvalue weighted by atomic mass is 10.1. The second kappa shape index (κ2) is 67.0. The second-order valence-corrected chi connectivity index (χ2v) is 20.5. The summed E-state index contributed by atoms with van der Waals surface area (Å²) in [6.45, 7) is 6.29. The molecule has 0 rings (SSSR count). The van der Waals surface area contributed by atoms with Gasteiger partial charge in [0.15, 0.2) is 6.10 Å². The van der Waals surface area contributed by atoms with Crippen LogP contribution in [0.4, 0.5) is 0 Å². The van der Waals surface area contributed by atoms with Crippen molar-refractivity contribution in [2.45, 2.75) is 258 Å². The molecule has 452 valence electrons. The van der Waals surface area contributed by atoms with Gasteiger partial charge in [0.2, 0.25) is 0 Å². The van der Waals surface area contributed by atoms with Crippen molar-refractivity contribution < 1.29 is 28.6 Å². The third-order valence-corrected chi connectivity index (χ3v) is 12.9. The average molecular weight is 1110 g/mol. The first-order valence-corrected chi connectivity index (χ1v) is 32.3. The molecule has 1 atom stereocenters. The molecule has 0 bridgehead atoms. The van der Waals surface area contributed by atoms with Crippen LogP contribution in [0.5, 0.6) is 0 Å². The SMILES string of the molecule is CC/C=C\C/C=C\C/C=C\C/C=C\C/C=C\C/C=C\C/C=C\C/C=C\CCCCC(=O)OCC(COC(=O)CCC/C=C\C/C=C\C/C=C\C/C=C\C/C=C\CC)OC(=O)CCCCCCCCCCC/C=C\C/C=C\CCCCC. The third kappa shape index (κ3) is 65.2. The van der Waals surface area contributed by atoms with Crippen LogP contribution in [0.1, 0.15) is 252 Å². The van der Waals surface area contributed by atoms with Crippen LogP contribution in [0, 0.1) is 0 Å². The molecule has 81 heavy (non-hydrogen) atoms. The highest BCUT2D eigenvalue weighted by Crippen LogP contribution is 2.14. The van der Waals surface area contributed by atoms with E-state index in [1.54, 1.807) is 0 Å². The van der Waals surface area contributed by atoms with E-state index in [0.717, 1.165) is 128 Å². The zero-order valence-electron chi connectivity index (χ0n) is 51.7. The summed E-state index contributed by atoms with van der Waals surface area (Å²) in [6.07, 6.45) is 100. The molecule has 0 N–H and O–H groups in total. The molecule has 0 spiro atoms. The van der Waals surface area contributed by atoms with Gasteiger partial charge in [-0.1, -0.05) is 261 Å². The molecule has 0 aromatic rings. The minimum Gasteiger partial charge on any atom is -0.462 e. The molecule has 6 nitrogen and oxygen atoms in total. The lowest BCUT2D eigenvalue weighted by Crippen LogP contribution is -2.30. The Kier molecular flexibility index (Phi) is 62.5. The Morgan fingerprint density at radius 3 is 0.827 bits per heavy atom. The number of unbranched alkanes of at least 4 members (excludes halogenated alkanes) is 15. The largest absolute Gasteiger partial charge is 0.462 e. The Hall–Kier alpha value is -5.49.